The first-order valence-electron chi connectivity index (χ1n) is 27.1. The summed E-state index contributed by atoms with van der Waals surface area (Å²) in [5.41, 5.74) is 22.2. The maximum absolute atomic E-state index is 2.54. The van der Waals surface area contributed by atoms with E-state index in [1.165, 1.54) is 88.3 Å². The van der Waals surface area contributed by atoms with Crippen molar-refractivity contribution in [2.75, 3.05) is 9.80 Å². The van der Waals surface area contributed by atoms with E-state index in [0.717, 1.165) is 34.1 Å². The molecule has 12 rings (SSSR count). The Morgan fingerprint density at radius 2 is 0.613 bits per heavy atom. The third-order valence-electron chi connectivity index (χ3n) is 16.5. The van der Waals surface area contributed by atoms with Crippen molar-refractivity contribution in [2.45, 2.75) is 110 Å². The number of benzene rings is 10. The molecule has 2 nitrogen and oxygen atoms in total. The lowest BCUT2D eigenvalue weighted by molar-refractivity contribution is 0.590. The second-order valence-corrected chi connectivity index (χ2v) is 25.5. The molecule has 0 unspecified atom stereocenters. The molecule has 0 saturated carbocycles. The number of hydrogen-bond acceptors (Lipinski definition) is 2. The Hall–Kier alpha value is -7.68. The predicted octanol–water partition coefficient (Wildman–Crippen LogP) is 20.5. The zero-order valence-electron chi connectivity index (χ0n) is 46.0. The number of fused-ring (bicyclic) bond motifs is 15. The molecule has 0 aliphatic heterocycles. The lowest BCUT2D eigenvalue weighted by atomic mass is 9.69. The molecule has 0 aromatic heterocycles. The Kier molecular flexibility index (Phi) is 11.1. The molecular weight excluding hydrogens is 905 g/mol. The molecule has 2 aliphatic rings. The van der Waals surface area contributed by atoms with E-state index < -0.39 is 5.41 Å². The van der Waals surface area contributed by atoms with Gasteiger partial charge in [0.1, 0.15) is 0 Å². The van der Waals surface area contributed by atoms with Gasteiger partial charge in [-0.1, -0.05) is 217 Å². The van der Waals surface area contributed by atoms with Crippen molar-refractivity contribution in [3.05, 3.63) is 251 Å². The van der Waals surface area contributed by atoms with Gasteiger partial charge in [-0.05, 0) is 183 Å². The molecule has 0 radical (unpaired) electrons. The van der Waals surface area contributed by atoms with Gasteiger partial charge < -0.3 is 9.80 Å². The van der Waals surface area contributed by atoms with Crippen LogP contribution in [0, 0.1) is 0 Å². The molecule has 0 atom stereocenters. The van der Waals surface area contributed by atoms with Crippen molar-refractivity contribution in [1.29, 1.82) is 0 Å². The highest BCUT2D eigenvalue weighted by Gasteiger charge is 2.53. The van der Waals surface area contributed by atoms with Gasteiger partial charge in [0.15, 0.2) is 0 Å². The smallest absolute Gasteiger partial charge is 0.0732 e. The summed E-state index contributed by atoms with van der Waals surface area (Å²) < 4.78 is 0. The molecule has 0 fully saturated rings. The average molecular weight is 975 g/mol. The van der Waals surface area contributed by atoms with Gasteiger partial charge in [-0.15, -0.1) is 0 Å². The van der Waals surface area contributed by atoms with E-state index in [0.29, 0.717) is 0 Å². The topological polar surface area (TPSA) is 6.48 Å². The van der Waals surface area contributed by atoms with E-state index in [2.05, 4.69) is 299 Å². The molecule has 0 saturated heterocycles. The van der Waals surface area contributed by atoms with Crippen LogP contribution in [0.15, 0.2) is 206 Å². The van der Waals surface area contributed by atoms with E-state index in [-0.39, 0.29) is 21.7 Å². The summed E-state index contributed by atoms with van der Waals surface area (Å²) in [5.74, 6) is 0. The Bertz CT molecular complexity index is 3670. The first kappa shape index (κ1) is 48.3. The van der Waals surface area contributed by atoms with Gasteiger partial charge in [0.25, 0.3) is 0 Å². The molecule has 0 N–H and O–H groups in total. The molecule has 2 heteroatoms. The lowest BCUT2D eigenvalue weighted by Gasteiger charge is -2.33. The molecule has 75 heavy (non-hydrogen) atoms. The Morgan fingerprint density at radius 3 is 1.03 bits per heavy atom. The average Bonchev–Trinajstić information content (AvgIpc) is 3.91. The van der Waals surface area contributed by atoms with Gasteiger partial charge in [-0.3, -0.25) is 0 Å². The van der Waals surface area contributed by atoms with Gasteiger partial charge in [0, 0.05) is 34.1 Å². The first-order valence-corrected chi connectivity index (χ1v) is 27.1. The van der Waals surface area contributed by atoms with Gasteiger partial charge in [-0.2, -0.15) is 0 Å². The predicted molar refractivity (Wildman–Crippen MR) is 322 cm³/mol. The fraction of sp³-hybridized carbons (Fsp3) is 0.233. The van der Waals surface area contributed by atoms with Crippen LogP contribution in [0.25, 0.3) is 43.8 Å². The highest BCUT2D eigenvalue weighted by Crippen LogP contribution is 2.66. The van der Waals surface area contributed by atoms with Crippen LogP contribution in [0.1, 0.15) is 128 Å². The van der Waals surface area contributed by atoms with Gasteiger partial charge in [-0.25, -0.2) is 0 Å². The van der Waals surface area contributed by atoms with Crippen LogP contribution >= 0.6 is 0 Å². The van der Waals surface area contributed by atoms with Crippen molar-refractivity contribution < 1.29 is 0 Å². The van der Waals surface area contributed by atoms with E-state index >= 15 is 0 Å². The third kappa shape index (κ3) is 7.82. The molecule has 10 aromatic carbocycles. The molecule has 0 bridgehead atoms. The molecule has 0 heterocycles. The van der Waals surface area contributed by atoms with E-state index in [1.807, 2.05) is 0 Å². The molecule has 2 aliphatic carbocycles. The van der Waals surface area contributed by atoms with Crippen LogP contribution in [0.4, 0.5) is 34.1 Å². The standard InChI is InChI=1S/C73H70N2/c1-69(2,3)47-25-33-51(34-26-47)74(52-35-27-48(28-36-52)70(4,5)6)55-41-43-61-63(45-55)57-19-13-14-22-60(57)67-62-44-42-56(46-66(62)73(68(61)67)64-23-17-15-20-58(64)59-21-16-18-24-65(59)73)75(53-37-29-49(30-38-53)71(7,8)9)54-39-31-50(32-40-54)72(10,11)12/h13-46H,1-12H3. The molecule has 0 amide bonds. The maximum atomic E-state index is 2.54. The molecule has 1 spiro atoms. The van der Waals surface area contributed by atoms with E-state index in [9.17, 15) is 0 Å². The van der Waals surface area contributed by atoms with Crippen LogP contribution in [-0.4, -0.2) is 0 Å². The van der Waals surface area contributed by atoms with E-state index in [1.54, 1.807) is 0 Å². The SMILES string of the molecule is CC(C)(C)c1ccc(N(c2ccc(C(C)(C)C)cc2)c2ccc3c(c2)C2(c4ccccc4-c4ccccc42)c2c-3c3ccccc3c3cc(N(c4ccc(C(C)(C)C)cc4)c4ccc(C(C)(C)C)cc4)ccc23)cc1. The van der Waals surface area contributed by atoms with E-state index in [4.69, 9.17) is 0 Å². The fourth-order valence-electron chi connectivity index (χ4n) is 12.5. The summed E-state index contributed by atoms with van der Waals surface area (Å²) in [4.78, 5) is 4.93. The zero-order valence-corrected chi connectivity index (χ0v) is 46.0. The van der Waals surface area contributed by atoms with Crippen molar-refractivity contribution in [2.24, 2.45) is 0 Å². The Labute approximate surface area is 446 Å². The van der Waals surface area contributed by atoms with Crippen molar-refractivity contribution in [3.63, 3.8) is 0 Å². The minimum Gasteiger partial charge on any atom is -0.310 e. The third-order valence-corrected chi connectivity index (χ3v) is 16.5. The largest absolute Gasteiger partial charge is 0.310 e. The summed E-state index contributed by atoms with van der Waals surface area (Å²) in [6, 6.07) is 79.3. The normalized spacial score (nSPS) is 13.7. The summed E-state index contributed by atoms with van der Waals surface area (Å²) >= 11 is 0. The van der Waals surface area contributed by atoms with Crippen LogP contribution in [0.3, 0.4) is 0 Å². The van der Waals surface area contributed by atoms with Crippen LogP contribution in [0.2, 0.25) is 0 Å². The molecule has 10 aromatic rings. The molecule has 372 valence electrons. The van der Waals surface area contributed by atoms with Crippen LogP contribution < -0.4 is 9.80 Å². The van der Waals surface area contributed by atoms with Crippen LogP contribution in [-0.2, 0) is 27.1 Å². The summed E-state index contributed by atoms with van der Waals surface area (Å²) in [7, 11) is 0. The fourth-order valence-corrected chi connectivity index (χ4v) is 12.5. The zero-order chi connectivity index (χ0) is 52.4. The van der Waals surface area contributed by atoms with Crippen LogP contribution in [0.5, 0.6) is 0 Å². The van der Waals surface area contributed by atoms with Crippen molar-refractivity contribution >= 4 is 55.7 Å². The number of anilines is 6. The van der Waals surface area contributed by atoms with Gasteiger partial charge in [0.2, 0.25) is 0 Å². The highest BCUT2D eigenvalue weighted by molar-refractivity contribution is 6.20. The molecular formula is C73H70N2. The minimum atomic E-state index is -0.610. The quantitative estimate of drug-likeness (QED) is 0.153. The van der Waals surface area contributed by atoms with Gasteiger partial charge in [0.05, 0.1) is 5.41 Å². The van der Waals surface area contributed by atoms with Crippen molar-refractivity contribution in [1.82, 2.24) is 0 Å². The van der Waals surface area contributed by atoms with Crippen molar-refractivity contribution in [3.8, 4) is 22.3 Å². The lowest BCUT2D eigenvalue weighted by Crippen LogP contribution is -2.26. The Morgan fingerprint density at radius 1 is 0.267 bits per heavy atom. The second-order valence-electron chi connectivity index (χ2n) is 25.5. The first-order chi connectivity index (χ1) is 35.7. The Balaban J connectivity index is 1.13. The number of nitrogens with zero attached hydrogens (tertiary/aromatic N) is 2. The summed E-state index contributed by atoms with van der Waals surface area (Å²) in [6.07, 6.45) is 0. The second kappa shape index (κ2) is 17.2. The number of hydrogen-bond donors (Lipinski definition) is 0. The minimum absolute atomic E-state index is 0.0344. The maximum Gasteiger partial charge on any atom is 0.0732 e. The highest BCUT2D eigenvalue weighted by atomic mass is 15.1. The number of rotatable bonds is 6. The summed E-state index contributed by atoms with van der Waals surface area (Å²) in [6.45, 7) is 27.5. The monoisotopic (exact) mass is 975 g/mol. The van der Waals surface area contributed by atoms with Gasteiger partial charge >= 0.3 is 0 Å². The summed E-state index contributed by atoms with van der Waals surface area (Å²) in [5, 5.41) is 5.05.